The highest BCUT2D eigenvalue weighted by Crippen LogP contribution is 2.30. The molecule has 2 atom stereocenters. The van der Waals surface area contributed by atoms with Crippen molar-refractivity contribution < 1.29 is 9.47 Å². The van der Waals surface area contributed by atoms with Crippen LogP contribution in [0, 0.1) is 0 Å². The van der Waals surface area contributed by atoms with Crippen molar-refractivity contribution in [2.45, 2.75) is 83.7 Å². The van der Waals surface area contributed by atoms with Gasteiger partial charge in [-0.15, -0.1) is 6.58 Å². The summed E-state index contributed by atoms with van der Waals surface area (Å²) in [6, 6.07) is 0. The van der Waals surface area contributed by atoms with Gasteiger partial charge < -0.3 is 9.47 Å². The van der Waals surface area contributed by atoms with Gasteiger partial charge in [0.05, 0.1) is 12.2 Å². The zero-order valence-electron chi connectivity index (χ0n) is 11.7. The molecule has 1 aliphatic heterocycles. The summed E-state index contributed by atoms with van der Waals surface area (Å²) in [6.45, 7) is 10.1. The van der Waals surface area contributed by atoms with Crippen molar-refractivity contribution in [3.63, 3.8) is 0 Å². The Morgan fingerprint density at radius 3 is 2.53 bits per heavy atom. The van der Waals surface area contributed by atoms with E-state index in [1.54, 1.807) is 0 Å². The third-order valence-corrected chi connectivity index (χ3v) is 3.24. The average molecular weight is 240 g/mol. The standard InChI is InChI=1S/C15H28O2/c1-5-7-8-9-11-14-12-13(10-6-2)16-15(3,4)17-14/h6,13-14H,2,5,7-12H2,1,3-4H3/t13-,14-/m0/s1. The average Bonchev–Trinajstić information content (AvgIpc) is 2.23. The van der Waals surface area contributed by atoms with Gasteiger partial charge in [-0.2, -0.15) is 0 Å². The maximum absolute atomic E-state index is 5.97. The lowest BCUT2D eigenvalue weighted by Gasteiger charge is -2.40. The third kappa shape index (κ3) is 5.69. The predicted octanol–water partition coefficient (Wildman–Crippen LogP) is 4.44. The Balaban J connectivity index is 2.34. The van der Waals surface area contributed by atoms with Gasteiger partial charge in [0.1, 0.15) is 0 Å². The number of unbranched alkanes of at least 4 members (excludes halogenated alkanes) is 3. The molecule has 100 valence electrons. The highest BCUT2D eigenvalue weighted by atomic mass is 16.7. The summed E-state index contributed by atoms with van der Waals surface area (Å²) in [6.07, 6.45) is 10.9. The summed E-state index contributed by atoms with van der Waals surface area (Å²) in [5.41, 5.74) is 0. The van der Waals surface area contributed by atoms with Crippen LogP contribution in [0.15, 0.2) is 12.7 Å². The molecule has 1 rings (SSSR count). The maximum atomic E-state index is 5.97. The Bertz CT molecular complexity index is 223. The van der Waals surface area contributed by atoms with E-state index in [4.69, 9.17) is 9.47 Å². The van der Waals surface area contributed by atoms with Crippen LogP contribution in [0.3, 0.4) is 0 Å². The van der Waals surface area contributed by atoms with E-state index < -0.39 is 5.79 Å². The molecule has 1 heterocycles. The summed E-state index contributed by atoms with van der Waals surface area (Å²) in [5, 5.41) is 0. The van der Waals surface area contributed by atoms with Crippen LogP contribution >= 0.6 is 0 Å². The Kier molecular flexibility index (Phi) is 6.21. The fraction of sp³-hybridized carbons (Fsp3) is 0.867. The largest absolute Gasteiger partial charge is 0.347 e. The molecule has 2 heteroatoms. The number of ether oxygens (including phenoxy) is 2. The van der Waals surface area contributed by atoms with E-state index in [1.807, 2.05) is 19.9 Å². The van der Waals surface area contributed by atoms with Crippen LogP contribution in [0.2, 0.25) is 0 Å². The second kappa shape index (κ2) is 7.17. The van der Waals surface area contributed by atoms with Crippen LogP contribution in [0.25, 0.3) is 0 Å². The quantitative estimate of drug-likeness (QED) is 0.483. The van der Waals surface area contributed by atoms with Gasteiger partial charge in [-0.05, 0) is 26.7 Å². The van der Waals surface area contributed by atoms with E-state index in [1.165, 1.54) is 32.1 Å². The van der Waals surface area contributed by atoms with Gasteiger partial charge in [0, 0.05) is 6.42 Å². The molecule has 0 saturated carbocycles. The third-order valence-electron chi connectivity index (χ3n) is 3.24. The zero-order valence-corrected chi connectivity index (χ0v) is 11.7. The molecule has 0 radical (unpaired) electrons. The molecule has 0 bridgehead atoms. The molecule has 0 aromatic carbocycles. The molecule has 1 saturated heterocycles. The molecule has 2 nitrogen and oxygen atoms in total. The molecule has 0 spiro atoms. The van der Waals surface area contributed by atoms with E-state index in [-0.39, 0.29) is 6.10 Å². The molecular weight excluding hydrogens is 212 g/mol. The molecule has 1 fully saturated rings. The van der Waals surface area contributed by atoms with Crippen LogP contribution in [0.1, 0.15) is 65.7 Å². The van der Waals surface area contributed by atoms with Crippen molar-refractivity contribution in [3.8, 4) is 0 Å². The number of hydrogen-bond donors (Lipinski definition) is 0. The monoisotopic (exact) mass is 240 g/mol. The molecule has 0 aliphatic carbocycles. The predicted molar refractivity (Wildman–Crippen MR) is 72.0 cm³/mol. The normalized spacial score (nSPS) is 27.9. The molecular formula is C15H28O2. The van der Waals surface area contributed by atoms with Gasteiger partial charge >= 0.3 is 0 Å². The molecule has 0 amide bonds. The Labute approximate surface area is 106 Å². The number of hydrogen-bond acceptors (Lipinski definition) is 2. The summed E-state index contributed by atoms with van der Waals surface area (Å²) in [5.74, 6) is -0.429. The SMILES string of the molecule is C=CC[C@H]1C[C@H](CCCCCC)OC(C)(C)O1. The Morgan fingerprint density at radius 2 is 1.88 bits per heavy atom. The minimum atomic E-state index is -0.429. The minimum Gasteiger partial charge on any atom is -0.347 e. The summed E-state index contributed by atoms with van der Waals surface area (Å²) >= 11 is 0. The smallest absolute Gasteiger partial charge is 0.163 e. The molecule has 1 aliphatic rings. The van der Waals surface area contributed by atoms with Crippen molar-refractivity contribution in [1.82, 2.24) is 0 Å². The van der Waals surface area contributed by atoms with Crippen molar-refractivity contribution in [2.24, 2.45) is 0 Å². The van der Waals surface area contributed by atoms with Crippen LogP contribution in [0.5, 0.6) is 0 Å². The summed E-state index contributed by atoms with van der Waals surface area (Å²) < 4.78 is 11.9. The molecule has 0 aromatic rings. The first-order chi connectivity index (χ1) is 8.07. The summed E-state index contributed by atoms with van der Waals surface area (Å²) in [4.78, 5) is 0. The maximum Gasteiger partial charge on any atom is 0.163 e. The van der Waals surface area contributed by atoms with Gasteiger partial charge in [0.2, 0.25) is 0 Å². The Morgan fingerprint density at radius 1 is 1.18 bits per heavy atom. The molecule has 0 aromatic heterocycles. The van der Waals surface area contributed by atoms with Gasteiger partial charge in [-0.25, -0.2) is 0 Å². The molecule has 0 unspecified atom stereocenters. The van der Waals surface area contributed by atoms with E-state index >= 15 is 0 Å². The zero-order chi connectivity index (χ0) is 12.7. The van der Waals surface area contributed by atoms with Gasteiger partial charge in [0.25, 0.3) is 0 Å². The lowest BCUT2D eigenvalue weighted by molar-refractivity contribution is -0.299. The first kappa shape index (κ1) is 14.7. The van der Waals surface area contributed by atoms with Crippen LogP contribution in [-0.2, 0) is 9.47 Å². The van der Waals surface area contributed by atoms with Crippen molar-refractivity contribution >= 4 is 0 Å². The first-order valence-corrected chi connectivity index (χ1v) is 7.04. The van der Waals surface area contributed by atoms with Crippen LogP contribution < -0.4 is 0 Å². The fourth-order valence-corrected chi connectivity index (χ4v) is 2.53. The lowest BCUT2D eigenvalue weighted by Crippen LogP contribution is -2.44. The van der Waals surface area contributed by atoms with Crippen molar-refractivity contribution in [1.29, 1.82) is 0 Å². The van der Waals surface area contributed by atoms with Gasteiger partial charge in [-0.1, -0.05) is 38.7 Å². The van der Waals surface area contributed by atoms with Crippen LogP contribution in [0.4, 0.5) is 0 Å². The van der Waals surface area contributed by atoms with Crippen molar-refractivity contribution in [3.05, 3.63) is 12.7 Å². The van der Waals surface area contributed by atoms with E-state index in [0.29, 0.717) is 6.10 Å². The summed E-state index contributed by atoms with van der Waals surface area (Å²) in [7, 11) is 0. The topological polar surface area (TPSA) is 18.5 Å². The second-order valence-corrected chi connectivity index (χ2v) is 5.49. The lowest BCUT2D eigenvalue weighted by atomic mass is 10.0. The Hall–Kier alpha value is -0.340. The molecule has 17 heavy (non-hydrogen) atoms. The van der Waals surface area contributed by atoms with Gasteiger partial charge in [0.15, 0.2) is 5.79 Å². The van der Waals surface area contributed by atoms with E-state index in [0.717, 1.165) is 12.8 Å². The fourth-order valence-electron chi connectivity index (χ4n) is 2.53. The van der Waals surface area contributed by atoms with E-state index in [9.17, 15) is 0 Å². The molecule has 0 N–H and O–H groups in total. The second-order valence-electron chi connectivity index (χ2n) is 5.49. The minimum absolute atomic E-state index is 0.285. The van der Waals surface area contributed by atoms with E-state index in [2.05, 4.69) is 13.5 Å². The van der Waals surface area contributed by atoms with Crippen LogP contribution in [-0.4, -0.2) is 18.0 Å². The van der Waals surface area contributed by atoms with Gasteiger partial charge in [-0.3, -0.25) is 0 Å². The highest BCUT2D eigenvalue weighted by Gasteiger charge is 2.34. The first-order valence-electron chi connectivity index (χ1n) is 7.04. The highest BCUT2D eigenvalue weighted by molar-refractivity contribution is 4.81. The number of rotatable bonds is 7. The van der Waals surface area contributed by atoms with Crippen molar-refractivity contribution in [2.75, 3.05) is 0 Å².